The summed E-state index contributed by atoms with van der Waals surface area (Å²) in [5.74, 6) is -3.44. The van der Waals surface area contributed by atoms with Crippen LogP contribution in [0.3, 0.4) is 0 Å². The summed E-state index contributed by atoms with van der Waals surface area (Å²) < 4.78 is 16.1. The molecule has 40 heavy (non-hydrogen) atoms. The third-order valence-corrected chi connectivity index (χ3v) is 6.01. The van der Waals surface area contributed by atoms with Gasteiger partial charge in [0.25, 0.3) is 0 Å². The van der Waals surface area contributed by atoms with Gasteiger partial charge in [-0.2, -0.15) is 0 Å². The molecule has 1 aliphatic heterocycles. The molecule has 1 atom stereocenters. The van der Waals surface area contributed by atoms with Crippen LogP contribution in [-0.2, 0) is 38.2 Å². The van der Waals surface area contributed by atoms with E-state index in [4.69, 9.17) is 19.0 Å². The molecule has 1 fully saturated rings. The van der Waals surface area contributed by atoms with Gasteiger partial charge in [-0.05, 0) is 6.42 Å². The van der Waals surface area contributed by atoms with Crippen molar-refractivity contribution in [1.29, 1.82) is 0 Å². The number of amides is 1. The van der Waals surface area contributed by atoms with Crippen molar-refractivity contribution in [2.75, 3.05) is 112 Å². The minimum absolute atomic E-state index is 0.0202. The second kappa shape index (κ2) is 22.3. The number of nitrogens with one attached hydrogen (secondary N) is 2. The van der Waals surface area contributed by atoms with Crippen LogP contribution >= 0.6 is 0 Å². The van der Waals surface area contributed by atoms with Gasteiger partial charge >= 0.3 is 17.9 Å². The molecule has 0 aromatic carbocycles. The molecule has 0 aromatic rings. The Morgan fingerprint density at radius 2 is 1.20 bits per heavy atom. The van der Waals surface area contributed by atoms with E-state index in [9.17, 15) is 34.5 Å². The molecule has 1 amide bonds. The molecule has 0 aliphatic carbocycles. The van der Waals surface area contributed by atoms with Gasteiger partial charge in [0, 0.05) is 59.3 Å². The first-order valence-corrected chi connectivity index (χ1v) is 13.4. The molecule has 1 unspecified atom stereocenters. The van der Waals surface area contributed by atoms with E-state index in [1.165, 1.54) is 0 Å². The van der Waals surface area contributed by atoms with E-state index in [-0.39, 0.29) is 58.1 Å². The van der Waals surface area contributed by atoms with Crippen LogP contribution in [0.2, 0.25) is 0 Å². The number of hydrogen-bond donors (Lipinski definition) is 5. The Labute approximate surface area is 234 Å². The fourth-order valence-electron chi connectivity index (χ4n) is 3.99. The topological polar surface area (TPSA) is 200 Å². The molecule has 16 heteroatoms. The number of carboxylic acid groups (broad SMARTS) is 3. The standard InChI is InChI=1S/C24H45N5O11/c1-25-40-17-16-39-15-14-38-13-12-37-11-4-26-21(30)3-2-20(24(35)36)29-9-7-27(18-22(31)32)5-6-28(8-10-29)19-23(33)34/h20,25H,2-19H2,1H3,(H,26,30)(H,31,32)(H,33,34)(H,35,36). The first-order chi connectivity index (χ1) is 19.2. The number of rotatable bonds is 22. The van der Waals surface area contributed by atoms with Gasteiger partial charge in [-0.1, -0.05) is 0 Å². The number of hydrogen-bond acceptors (Lipinski definition) is 12. The Bertz CT molecular complexity index is 718. The fraction of sp³-hybridized carbons (Fsp3) is 0.833. The first kappa shape index (κ1) is 35.6. The number of ether oxygens (including phenoxy) is 3. The van der Waals surface area contributed by atoms with Crippen molar-refractivity contribution < 1.29 is 53.5 Å². The molecular weight excluding hydrogens is 534 g/mol. The highest BCUT2D eigenvalue weighted by atomic mass is 16.7. The van der Waals surface area contributed by atoms with Crippen LogP contribution in [0.4, 0.5) is 0 Å². The normalized spacial score (nSPS) is 16.5. The highest BCUT2D eigenvalue weighted by Crippen LogP contribution is 2.11. The number of carbonyl (C=O) groups excluding carboxylic acids is 1. The molecule has 1 saturated heterocycles. The molecule has 16 nitrogen and oxygen atoms in total. The third kappa shape index (κ3) is 18.0. The Morgan fingerprint density at radius 1 is 0.725 bits per heavy atom. The minimum atomic E-state index is -1.10. The van der Waals surface area contributed by atoms with Crippen LogP contribution in [0.5, 0.6) is 0 Å². The number of aliphatic carboxylic acids is 3. The number of carboxylic acids is 3. The van der Waals surface area contributed by atoms with Gasteiger partial charge in [-0.15, -0.1) is 0 Å². The largest absolute Gasteiger partial charge is 0.480 e. The van der Waals surface area contributed by atoms with E-state index in [1.54, 1.807) is 21.7 Å². The molecule has 1 rings (SSSR count). The Balaban J connectivity index is 2.38. The summed E-state index contributed by atoms with van der Waals surface area (Å²) in [5, 5.41) is 30.9. The molecule has 0 radical (unpaired) electrons. The zero-order valence-corrected chi connectivity index (χ0v) is 23.3. The van der Waals surface area contributed by atoms with Crippen molar-refractivity contribution >= 4 is 23.8 Å². The summed E-state index contributed by atoms with van der Waals surface area (Å²) in [4.78, 5) is 56.7. The Kier molecular flexibility index (Phi) is 19.8. The number of carbonyl (C=O) groups is 4. The second-order valence-corrected chi connectivity index (χ2v) is 9.01. The van der Waals surface area contributed by atoms with Crippen molar-refractivity contribution in [2.45, 2.75) is 18.9 Å². The molecule has 1 heterocycles. The first-order valence-electron chi connectivity index (χ1n) is 13.4. The Hall–Kier alpha value is -2.44. The molecular formula is C24H45N5O11. The van der Waals surface area contributed by atoms with Crippen LogP contribution in [-0.4, -0.2) is 172 Å². The number of nitrogens with zero attached hydrogens (tertiary/aromatic N) is 3. The lowest BCUT2D eigenvalue weighted by Crippen LogP contribution is -2.47. The third-order valence-electron chi connectivity index (χ3n) is 6.01. The summed E-state index contributed by atoms with van der Waals surface area (Å²) in [5.41, 5.74) is 2.55. The van der Waals surface area contributed by atoms with Gasteiger partial charge in [-0.3, -0.25) is 38.7 Å². The summed E-state index contributed by atoms with van der Waals surface area (Å²) in [7, 11) is 1.67. The molecule has 232 valence electrons. The van der Waals surface area contributed by atoms with Crippen molar-refractivity contribution in [2.24, 2.45) is 0 Å². The van der Waals surface area contributed by atoms with Crippen LogP contribution in [0, 0.1) is 0 Å². The van der Waals surface area contributed by atoms with Crippen molar-refractivity contribution in [1.82, 2.24) is 25.5 Å². The van der Waals surface area contributed by atoms with Crippen molar-refractivity contribution in [3.8, 4) is 0 Å². The highest BCUT2D eigenvalue weighted by molar-refractivity contribution is 5.78. The maximum atomic E-state index is 12.3. The maximum Gasteiger partial charge on any atom is 0.320 e. The molecule has 1 aliphatic rings. The van der Waals surface area contributed by atoms with E-state index in [0.29, 0.717) is 65.8 Å². The predicted octanol–water partition coefficient (Wildman–Crippen LogP) is -2.37. The summed E-state index contributed by atoms with van der Waals surface area (Å²) >= 11 is 0. The van der Waals surface area contributed by atoms with Crippen molar-refractivity contribution in [3.63, 3.8) is 0 Å². The molecule has 0 spiro atoms. The summed E-state index contributed by atoms with van der Waals surface area (Å²) in [6, 6.07) is -0.976. The van der Waals surface area contributed by atoms with Crippen molar-refractivity contribution in [3.05, 3.63) is 0 Å². The van der Waals surface area contributed by atoms with Crippen LogP contribution in [0.15, 0.2) is 0 Å². The van der Waals surface area contributed by atoms with E-state index in [0.717, 1.165) is 0 Å². The minimum Gasteiger partial charge on any atom is -0.480 e. The smallest absolute Gasteiger partial charge is 0.320 e. The lowest BCUT2D eigenvalue weighted by atomic mass is 10.1. The average molecular weight is 580 g/mol. The molecule has 0 bridgehead atoms. The molecule has 0 aromatic heterocycles. The predicted molar refractivity (Wildman–Crippen MR) is 141 cm³/mol. The van der Waals surface area contributed by atoms with Crippen LogP contribution < -0.4 is 10.8 Å². The highest BCUT2D eigenvalue weighted by Gasteiger charge is 2.28. The fourth-order valence-corrected chi connectivity index (χ4v) is 3.99. The monoisotopic (exact) mass is 579 g/mol. The molecule has 5 N–H and O–H groups in total. The second-order valence-electron chi connectivity index (χ2n) is 9.01. The summed E-state index contributed by atoms with van der Waals surface area (Å²) in [6.45, 7) is 4.47. The quantitative estimate of drug-likeness (QED) is 0.0672. The maximum absolute atomic E-state index is 12.3. The van der Waals surface area contributed by atoms with Gasteiger partial charge in [0.1, 0.15) is 6.04 Å². The lowest BCUT2D eigenvalue weighted by Gasteiger charge is -2.30. The van der Waals surface area contributed by atoms with Gasteiger partial charge < -0.3 is 34.8 Å². The number of hydroxylamine groups is 1. The van der Waals surface area contributed by atoms with Crippen LogP contribution in [0.1, 0.15) is 12.8 Å². The Morgan fingerprint density at radius 3 is 1.68 bits per heavy atom. The van der Waals surface area contributed by atoms with E-state index in [1.807, 2.05) is 0 Å². The SMILES string of the molecule is CNOCCOCCOCCOCCNC(=O)CCC(C(=O)O)N1CCN(CC(=O)O)CCN(CC(=O)O)CC1. The van der Waals surface area contributed by atoms with E-state index >= 15 is 0 Å². The van der Waals surface area contributed by atoms with Gasteiger partial charge in [-0.25, -0.2) is 5.48 Å². The summed E-state index contributed by atoms with van der Waals surface area (Å²) in [6.07, 6.45) is 0.0322. The van der Waals surface area contributed by atoms with Crippen LogP contribution in [0.25, 0.3) is 0 Å². The van der Waals surface area contributed by atoms with Gasteiger partial charge in [0.15, 0.2) is 0 Å². The van der Waals surface area contributed by atoms with E-state index in [2.05, 4.69) is 10.8 Å². The van der Waals surface area contributed by atoms with Gasteiger partial charge in [0.05, 0.1) is 59.3 Å². The van der Waals surface area contributed by atoms with Gasteiger partial charge in [0.2, 0.25) is 5.91 Å². The average Bonchev–Trinajstić information content (AvgIpc) is 2.98. The zero-order valence-electron chi connectivity index (χ0n) is 23.3. The zero-order chi connectivity index (χ0) is 29.6. The van der Waals surface area contributed by atoms with E-state index < -0.39 is 23.9 Å². The lowest BCUT2D eigenvalue weighted by molar-refractivity contribution is -0.144. The molecule has 0 saturated carbocycles.